The van der Waals surface area contributed by atoms with Crippen LogP contribution in [0.1, 0.15) is 12.0 Å². The fraction of sp³-hybridized carbons (Fsp3) is 0.286. The largest absolute Gasteiger partial charge is 0.488 e. The van der Waals surface area contributed by atoms with Gasteiger partial charge in [0.25, 0.3) is 0 Å². The van der Waals surface area contributed by atoms with Gasteiger partial charge in [0, 0.05) is 24.5 Å². The molecule has 7 heteroatoms. The molecule has 0 amide bonds. The minimum absolute atomic E-state index is 0.0110. The van der Waals surface area contributed by atoms with E-state index in [2.05, 4.69) is 10.3 Å². The van der Waals surface area contributed by atoms with Crippen LogP contribution in [0.25, 0.3) is 11.4 Å². The second kappa shape index (κ2) is 7.91. The summed E-state index contributed by atoms with van der Waals surface area (Å²) in [6, 6.07) is 12.0. The summed E-state index contributed by atoms with van der Waals surface area (Å²) >= 11 is 6.10. The molecule has 5 nitrogen and oxygen atoms in total. The van der Waals surface area contributed by atoms with E-state index in [0.717, 1.165) is 12.1 Å². The van der Waals surface area contributed by atoms with E-state index in [0.29, 0.717) is 41.7 Å². The molecule has 1 unspecified atom stereocenters. The number of halogens is 2. The molecule has 1 atom stereocenters. The molecule has 0 spiro atoms. The van der Waals surface area contributed by atoms with Crippen molar-refractivity contribution in [3.63, 3.8) is 0 Å². The number of aliphatic hydroxyl groups is 1. The molecule has 0 saturated carbocycles. The lowest BCUT2D eigenvalue weighted by Gasteiger charge is -2.23. The van der Waals surface area contributed by atoms with Gasteiger partial charge in [-0.3, -0.25) is 0 Å². The number of ether oxygens (including phenoxy) is 1. The first kappa shape index (κ1) is 18.9. The smallest absolute Gasteiger partial charge is 0.143 e. The van der Waals surface area contributed by atoms with Gasteiger partial charge >= 0.3 is 0 Å². The van der Waals surface area contributed by atoms with Crippen molar-refractivity contribution in [1.82, 2.24) is 14.9 Å². The highest BCUT2D eigenvalue weighted by Gasteiger charge is 2.32. The molecule has 3 aromatic rings. The topological polar surface area (TPSA) is 59.3 Å². The van der Waals surface area contributed by atoms with E-state index in [4.69, 9.17) is 16.3 Å². The Bertz CT molecular complexity index is 950. The number of imidazole rings is 1. The second-order valence-electron chi connectivity index (χ2n) is 7.01. The molecule has 1 saturated heterocycles. The van der Waals surface area contributed by atoms with E-state index in [1.807, 2.05) is 35.0 Å². The van der Waals surface area contributed by atoms with E-state index in [9.17, 15) is 9.50 Å². The first-order valence-electron chi connectivity index (χ1n) is 9.15. The summed E-state index contributed by atoms with van der Waals surface area (Å²) in [5, 5.41) is 14.2. The van der Waals surface area contributed by atoms with Crippen LogP contribution < -0.4 is 10.1 Å². The Hall–Kier alpha value is -2.41. The number of para-hydroxylation sites is 1. The Morgan fingerprint density at radius 2 is 2.11 bits per heavy atom. The van der Waals surface area contributed by atoms with E-state index in [1.54, 1.807) is 18.3 Å². The van der Waals surface area contributed by atoms with Crippen LogP contribution in [0.4, 0.5) is 4.39 Å². The zero-order valence-electron chi connectivity index (χ0n) is 15.2. The van der Waals surface area contributed by atoms with Gasteiger partial charge in [0.15, 0.2) is 0 Å². The zero-order chi connectivity index (χ0) is 19.6. The van der Waals surface area contributed by atoms with Crippen molar-refractivity contribution in [3.8, 4) is 17.1 Å². The highest BCUT2D eigenvalue weighted by atomic mass is 35.5. The van der Waals surface area contributed by atoms with Gasteiger partial charge in [0.2, 0.25) is 0 Å². The normalized spacial score (nSPS) is 19.1. The van der Waals surface area contributed by atoms with Crippen LogP contribution in [0.15, 0.2) is 54.9 Å². The molecular formula is C21H21ClFN3O2. The fourth-order valence-electron chi connectivity index (χ4n) is 3.46. The van der Waals surface area contributed by atoms with Gasteiger partial charge in [-0.1, -0.05) is 29.8 Å². The number of benzene rings is 2. The van der Waals surface area contributed by atoms with Crippen molar-refractivity contribution in [2.24, 2.45) is 0 Å². The number of rotatable bonds is 6. The lowest BCUT2D eigenvalue weighted by atomic mass is 10.0. The van der Waals surface area contributed by atoms with Gasteiger partial charge in [-0.2, -0.15) is 0 Å². The molecule has 1 fully saturated rings. The molecule has 2 heterocycles. The van der Waals surface area contributed by atoms with Gasteiger partial charge < -0.3 is 19.7 Å². The number of nitrogens with zero attached hydrogens (tertiary/aromatic N) is 2. The maximum Gasteiger partial charge on any atom is 0.143 e. The summed E-state index contributed by atoms with van der Waals surface area (Å²) in [4.78, 5) is 4.46. The molecule has 0 aliphatic carbocycles. The highest BCUT2D eigenvalue weighted by Crippen LogP contribution is 2.31. The minimum atomic E-state index is -0.800. The van der Waals surface area contributed by atoms with E-state index in [-0.39, 0.29) is 6.61 Å². The lowest BCUT2D eigenvalue weighted by Crippen LogP contribution is -2.36. The van der Waals surface area contributed by atoms with Gasteiger partial charge in [0.1, 0.15) is 24.0 Å². The van der Waals surface area contributed by atoms with E-state index in [1.165, 1.54) is 6.07 Å². The molecule has 28 heavy (non-hydrogen) atoms. The van der Waals surface area contributed by atoms with Crippen LogP contribution in [0.2, 0.25) is 5.02 Å². The molecule has 1 aliphatic heterocycles. The third-order valence-corrected chi connectivity index (χ3v) is 5.32. The van der Waals surface area contributed by atoms with Crippen LogP contribution in [0, 0.1) is 5.82 Å². The van der Waals surface area contributed by atoms with Crippen LogP contribution in [0.5, 0.6) is 5.75 Å². The Labute approximate surface area is 167 Å². The number of hydrogen-bond donors (Lipinski definition) is 2. The SMILES string of the molecule is OC1(Cn2ccnc2-c2ccccc2OCc2c(F)cccc2Cl)CCNC1. The predicted molar refractivity (Wildman–Crippen MR) is 106 cm³/mol. The summed E-state index contributed by atoms with van der Waals surface area (Å²) in [5.74, 6) is 0.865. The van der Waals surface area contributed by atoms with Gasteiger partial charge in [-0.05, 0) is 37.2 Å². The standard InChI is InChI=1S/C21H21ClFN3O2/c22-17-5-3-6-18(23)16(17)12-28-19-7-2-1-4-15(19)20-25-10-11-26(20)14-21(27)8-9-24-13-21/h1-7,10-11,24,27H,8-9,12-14H2. The number of hydrogen-bond acceptors (Lipinski definition) is 4. The van der Waals surface area contributed by atoms with Crippen LogP contribution in [0.3, 0.4) is 0 Å². The van der Waals surface area contributed by atoms with E-state index >= 15 is 0 Å². The Kier molecular flexibility index (Phi) is 5.35. The van der Waals surface area contributed by atoms with Crippen molar-refractivity contribution in [3.05, 3.63) is 71.3 Å². The van der Waals surface area contributed by atoms with Gasteiger partial charge in [-0.15, -0.1) is 0 Å². The number of nitrogens with one attached hydrogen (secondary N) is 1. The summed E-state index contributed by atoms with van der Waals surface area (Å²) in [6.45, 7) is 1.79. The second-order valence-corrected chi connectivity index (χ2v) is 7.42. The Morgan fingerprint density at radius 3 is 2.89 bits per heavy atom. The minimum Gasteiger partial charge on any atom is -0.488 e. The molecule has 1 aromatic heterocycles. The monoisotopic (exact) mass is 401 g/mol. The van der Waals surface area contributed by atoms with Crippen LogP contribution >= 0.6 is 11.6 Å². The average molecular weight is 402 g/mol. The molecule has 0 bridgehead atoms. The summed E-state index contributed by atoms with van der Waals surface area (Å²) in [6.07, 6.45) is 4.23. The van der Waals surface area contributed by atoms with Crippen molar-refractivity contribution in [2.75, 3.05) is 13.1 Å². The van der Waals surface area contributed by atoms with Gasteiger partial charge in [0.05, 0.1) is 22.7 Å². The lowest BCUT2D eigenvalue weighted by molar-refractivity contribution is 0.0436. The molecule has 4 rings (SSSR count). The average Bonchev–Trinajstić information content (AvgIpc) is 3.31. The maximum absolute atomic E-state index is 14.0. The summed E-state index contributed by atoms with van der Waals surface area (Å²) in [7, 11) is 0. The third-order valence-electron chi connectivity index (χ3n) is 4.96. The zero-order valence-corrected chi connectivity index (χ0v) is 16.0. The first-order valence-corrected chi connectivity index (χ1v) is 9.53. The third kappa shape index (κ3) is 3.90. The Morgan fingerprint density at radius 1 is 1.25 bits per heavy atom. The molecular weight excluding hydrogens is 381 g/mol. The molecule has 2 aromatic carbocycles. The van der Waals surface area contributed by atoms with Gasteiger partial charge in [-0.25, -0.2) is 9.37 Å². The quantitative estimate of drug-likeness (QED) is 0.662. The highest BCUT2D eigenvalue weighted by molar-refractivity contribution is 6.31. The molecule has 1 aliphatic rings. The van der Waals surface area contributed by atoms with Crippen molar-refractivity contribution >= 4 is 11.6 Å². The number of β-amino-alcohol motifs (C(OH)–C–C–N with tert-alkyl or cyclic N) is 1. The fourth-order valence-corrected chi connectivity index (χ4v) is 3.68. The summed E-state index contributed by atoms with van der Waals surface area (Å²) in [5.41, 5.74) is 0.287. The molecule has 146 valence electrons. The van der Waals surface area contributed by atoms with Crippen LogP contribution in [-0.4, -0.2) is 33.3 Å². The Balaban J connectivity index is 1.60. The van der Waals surface area contributed by atoms with Crippen LogP contribution in [-0.2, 0) is 13.2 Å². The maximum atomic E-state index is 14.0. The first-order chi connectivity index (χ1) is 13.6. The summed E-state index contributed by atoms with van der Waals surface area (Å²) < 4.78 is 21.9. The van der Waals surface area contributed by atoms with Crippen molar-refractivity contribution in [2.45, 2.75) is 25.2 Å². The van der Waals surface area contributed by atoms with Crippen molar-refractivity contribution in [1.29, 1.82) is 0 Å². The predicted octanol–water partition coefficient (Wildman–Crippen LogP) is 3.65. The van der Waals surface area contributed by atoms with E-state index < -0.39 is 11.4 Å². The van der Waals surface area contributed by atoms with Crippen molar-refractivity contribution < 1.29 is 14.2 Å². The number of aromatic nitrogens is 2. The molecule has 2 N–H and O–H groups in total. The molecule has 0 radical (unpaired) electrons.